The van der Waals surface area contributed by atoms with Gasteiger partial charge in [0.2, 0.25) is 5.95 Å². The van der Waals surface area contributed by atoms with Crippen molar-refractivity contribution < 1.29 is 4.74 Å². The summed E-state index contributed by atoms with van der Waals surface area (Å²) in [5.74, 6) is 1.74. The van der Waals surface area contributed by atoms with Gasteiger partial charge in [0.1, 0.15) is 5.82 Å². The monoisotopic (exact) mass is 338 g/mol. The highest BCUT2D eigenvalue weighted by Crippen LogP contribution is 2.25. The van der Waals surface area contributed by atoms with Crippen molar-refractivity contribution in [2.24, 2.45) is 0 Å². The molecule has 4 rings (SSSR count). The fraction of sp³-hybridized carbons (Fsp3) is 0.500. The quantitative estimate of drug-likeness (QED) is 0.900. The van der Waals surface area contributed by atoms with E-state index >= 15 is 0 Å². The van der Waals surface area contributed by atoms with Crippen molar-refractivity contribution in [1.29, 1.82) is 0 Å². The standard InChI is InChI=1S/C20H26N4O/c1-3-8-16(9-4-1)18-14-19(21-15-17-10-7-13-25-17)23-20(22-18)24-11-5-2-6-12-24/h1,3-4,8-9,14,17H,2,5-7,10-13,15H2,(H,21,22,23). The third kappa shape index (κ3) is 4.10. The lowest BCUT2D eigenvalue weighted by molar-refractivity contribution is 0.120. The Morgan fingerprint density at radius 2 is 1.88 bits per heavy atom. The summed E-state index contributed by atoms with van der Waals surface area (Å²) >= 11 is 0. The smallest absolute Gasteiger partial charge is 0.227 e. The van der Waals surface area contributed by atoms with Crippen molar-refractivity contribution >= 4 is 11.8 Å². The molecule has 5 nitrogen and oxygen atoms in total. The Bertz CT molecular complexity index is 679. The van der Waals surface area contributed by atoms with E-state index in [1.54, 1.807) is 0 Å². The fourth-order valence-corrected chi connectivity index (χ4v) is 3.54. The Kier molecular flexibility index (Phi) is 5.11. The summed E-state index contributed by atoms with van der Waals surface area (Å²) in [4.78, 5) is 12.0. The minimum absolute atomic E-state index is 0.300. The van der Waals surface area contributed by atoms with E-state index in [0.717, 1.165) is 62.1 Å². The molecular weight excluding hydrogens is 312 g/mol. The molecule has 2 aromatic rings. The Hall–Kier alpha value is -2.14. The van der Waals surface area contributed by atoms with Crippen molar-refractivity contribution in [1.82, 2.24) is 9.97 Å². The first kappa shape index (κ1) is 16.3. The summed E-state index contributed by atoms with van der Waals surface area (Å²) in [7, 11) is 0. The number of aromatic nitrogens is 2. The van der Waals surface area contributed by atoms with Crippen molar-refractivity contribution in [2.75, 3.05) is 36.5 Å². The van der Waals surface area contributed by atoms with E-state index in [4.69, 9.17) is 14.7 Å². The molecule has 1 unspecified atom stereocenters. The molecule has 1 atom stereocenters. The second-order valence-electron chi connectivity index (χ2n) is 6.87. The van der Waals surface area contributed by atoms with Crippen LogP contribution in [0.25, 0.3) is 11.3 Å². The molecule has 132 valence electrons. The number of anilines is 2. The second-order valence-corrected chi connectivity index (χ2v) is 6.87. The van der Waals surface area contributed by atoms with Crippen LogP contribution >= 0.6 is 0 Å². The maximum absolute atomic E-state index is 5.72. The summed E-state index contributed by atoms with van der Waals surface area (Å²) in [6.45, 7) is 3.78. The van der Waals surface area contributed by atoms with Crippen molar-refractivity contribution in [2.45, 2.75) is 38.2 Å². The van der Waals surface area contributed by atoms with Gasteiger partial charge in [-0.1, -0.05) is 30.3 Å². The van der Waals surface area contributed by atoms with Crippen LogP contribution in [0.3, 0.4) is 0 Å². The second kappa shape index (κ2) is 7.83. The van der Waals surface area contributed by atoms with Crippen LogP contribution in [0.4, 0.5) is 11.8 Å². The molecule has 1 N–H and O–H groups in total. The molecule has 1 aromatic heterocycles. The van der Waals surface area contributed by atoms with Gasteiger partial charge in [-0.25, -0.2) is 4.98 Å². The zero-order valence-corrected chi connectivity index (χ0v) is 14.7. The SMILES string of the molecule is c1ccc(-c2cc(NCC3CCCO3)nc(N3CCCCC3)n2)cc1. The Morgan fingerprint density at radius 1 is 1.04 bits per heavy atom. The minimum atomic E-state index is 0.300. The molecule has 3 heterocycles. The predicted molar refractivity (Wildman–Crippen MR) is 101 cm³/mol. The molecule has 25 heavy (non-hydrogen) atoms. The van der Waals surface area contributed by atoms with Crippen LogP contribution in [0, 0.1) is 0 Å². The van der Waals surface area contributed by atoms with Crippen LogP contribution in [0.1, 0.15) is 32.1 Å². The molecule has 0 amide bonds. The number of hydrogen-bond acceptors (Lipinski definition) is 5. The van der Waals surface area contributed by atoms with Gasteiger partial charge in [-0.3, -0.25) is 0 Å². The Morgan fingerprint density at radius 3 is 2.64 bits per heavy atom. The van der Waals surface area contributed by atoms with Gasteiger partial charge in [0.05, 0.1) is 11.8 Å². The number of nitrogens with one attached hydrogen (secondary N) is 1. The molecule has 0 radical (unpaired) electrons. The van der Waals surface area contributed by atoms with E-state index in [2.05, 4.69) is 40.5 Å². The number of rotatable bonds is 5. The van der Waals surface area contributed by atoms with Crippen molar-refractivity contribution in [3.8, 4) is 11.3 Å². The summed E-state index contributed by atoms with van der Waals surface area (Å²) in [5, 5.41) is 3.47. The number of piperidine rings is 1. The Balaban J connectivity index is 1.59. The summed E-state index contributed by atoms with van der Waals surface area (Å²) < 4.78 is 5.72. The average Bonchev–Trinajstić information content (AvgIpc) is 3.21. The van der Waals surface area contributed by atoms with Crippen LogP contribution in [-0.4, -0.2) is 42.3 Å². The van der Waals surface area contributed by atoms with Crippen molar-refractivity contribution in [3.63, 3.8) is 0 Å². The van der Waals surface area contributed by atoms with E-state index in [-0.39, 0.29) is 0 Å². The number of hydrogen-bond donors (Lipinski definition) is 1. The third-order valence-corrected chi connectivity index (χ3v) is 4.96. The predicted octanol–water partition coefficient (Wildman–Crippen LogP) is 3.72. The number of benzene rings is 1. The van der Waals surface area contributed by atoms with Gasteiger partial charge in [-0.05, 0) is 32.1 Å². The average molecular weight is 338 g/mol. The van der Waals surface area contributed by atoms with Gasteiger partial charge in [0.15, 0.2) is 0 Å². The number of nitrogens with zero attached hydrogens (tertiary/aromatic N) is 3. The lowest BCUT2D eigenvalue weighted by Crippen LogP contribution is -2.31. The zero-order chi connectivity index (χ0) is 16.9. The first-order valence-electron chi connectivity index (χ1n) is 9.43. The highest BCUT2D eigenvalue weighted by Gasteiger charge is 2.18. The molecule has 2 aliphatic rings. The first-order chi connectivity index (χ1) is 12.4. The molecule has 2 saturated heterocycles. The molecule has 2 aliphatic heterocycles. The maximum atomic E-state index is 5.72. The van der Waals surface area contributed by atoms with Crippen LogP contribution in [0.5, 0.6) is 0 Å². The summed E-state index contributed by atoms with van der Waals surface area (Å²) in [6, 6.07) is 12.4. The van der Waals surface area contributed by atoms with Gasteiger partial charge < -0.3 is 15.0 Å². The first-order valence-corrected chi connectivity index (χ1v) is 9.43. The van der Waals surface area contributed by atoms with Crippen LogP contribution < -0.4 is 10.2 Å². The van der Waals surface area contributed by atoms with E-state index in [1.165, 1.54) is 19.3 Å². The highest BCUT2D eigenvalue weighted by atomic mass is 16.5. The molecular formula is C20H26N4O. The topological polar surface area (TPSA) is 50.3 Å². The van der Waals surface area contributed by atoms with E-state index < -0.39 is 0 Å². The van der Waals surface area contributed by atoms with Gasteiger partial charge in [0, 0.05) is 37.9 Å². The van der Waals surface area contributed by atoms with Gasteiger partial charge in [-0.2, -0.15) is 4.98 Å². The van der Waals surface area contributed by atoms with E-state index in [1.807, 2.05) is 6.07 Å². The van der Waals surface area contributed by atoms with Crippen LogP contribution in [0.15, 0.2) is 36.4 Å². The third-order valence-electron chi connectivity index (χ3n) is 4.96. The summed E-state index contributed by atoms with van der Waals surface area (Å²) in [5.41, 5.74) is 2.11. The highest BCUT2D eigenvalue weighted by molar-refractivity contribution is 5.64. The molecule has 0 spiro atoms. The van der Waals surface area contributed by atoms with Crippen LogP contribution in [-0.2, 0) is 4.74 Å². The van der Waals surface area contributed by atoms with Crippen LogP contribution in [0.2, 0.25) is 0 Å². The molecule has 2 fully saturated rings. The molecule has 1 aromatic carbocycles. The van der Waals surface area contributed by atoms with Gasteiger partial charge >= 0.3 is 0 Å². The fourth-order valence-electron chi connectivity index (χ4n) is 3.54. The molecule has 0 aliphatic carbocycles. The molecule has 0 saturated carbocycles. The van der Waals surface area contributed by atoms with E-state index in [9.17, 15) is 0 Å². The molecule has 5 heteroatoms. The Labute approximate surface area is 149 Å². The normalized spacial score (nSPS) is 20.6. The molecule has 0 bridgehead atoms. The summed E-state index contributed by atoms with van der Waals surface area (Å²) in [6.07, 6.45) is 6.33. The van der Waals surface area contributed by atoms with Gasteiger partial charge in [0.25, 0.3) is 0 Å². The van der Waals surface area contributed by atoms with Crippen molar-refractivity contribution in [3.05, 3.63) is 36.4 Å². The zero-order valence-electron chi connectivity index (χ0n) is 14.7. The largest absolute Gasteiger partial charge is 0.376 e. The lowest BCUT2D eigenvalue weighted by atomic mass is 10.1. The maximum Gasteiger partial charge on any atom is 0.227 e. The number of ether oxygens (including phenoxy) is 1. The van der Waals surface area contributed by atoms with E-state index in [0.29, 0.717) is 6.10 Å². The van der Waals surface area contributed by atoms with Gasteiger partial charge in [-0.15, -0.1) is 0 Å². The lowest BCUT2D eigenvalue weighted by Gasteiger charge is -2.27. The minimum Gasteiger partial charge on any atom is -0.376 e.